The van der Waals surface area contributed by atoms with Gasteiger partial charge in [-0.2, -0.15) is 13.2 Å². The van der Waals surface area contributed by atoms with E-state index in [0.717, 1.165) is 36.6 Å². The Hall–Kier alpha value is -3.34. The number of benzene rings is 1. The number of halogens is 3. The fourth-order valence-electron chi connectivity index (χ4n) is 4.01. The number of anilines is 3. The molecule has 8 nitrogen and oxygen atoms in total. The van der Waals surface area contributed by atoms with Gasteiger partial charge in [0.05, 0.1) is 23.6 Å². The molecule has 3 heterocycles. The largest absolute Gasteiger partial charge is 0.416 e. The van der Waals surface area contributed by atoms with Crippen LogP contribution in [0, 0.1) is 0 Å². The van der Waals surface area contributed by atoms with Crippen LogP contribution < -0.4 is 20.4 Å². The van der Waals surface area contributed by atoms with Crippen molar-refractivity contribution >= 4 is 29.1 Å². The molecule has 176 valence electrons. The van der Waals surface area contributed by atoms with Gasteiger partial charge < -0.3 is 25.5 Å². The number of aliphatic hydroxyl groups excluding tert-OH is 1. The van der Waals surface area contributed by atoms with Gasteiger partial charge in [-0.3, -0.25) is 4.79 Å². The Balaban J connectivity index is 1.35. The van der Waals surface area contributed by atoms with E-state index in [-0.39, 0.29) is 17.7 Å². The van der Waals surface area contributed by atoms with E-state index in [1.807, 2.05) is 4.90 Å². The molecule has 0 unspecified atom stereocenters. The highest BCUT2D eigenvalue weighted by atomic mass is 19.4. The zero-order chi connectivity index (χ0) is 23.6. The first-order chi connectivity index (χ1) is 15.7. The zero-order valence-corrected chi connectivity index (χ0v) is 17.7. The van der Waals surface area contributed by atoms with E-state index in [1.165, 1.54) is 0 Å². The number of β-amino-alcohol motifs (C(OH)–C–C–N with tert-alkyl or cyclic N) is 1. The summed E-state index contributed by atoms with van der Waals surface area (Å²) >= 11 is 0. The van der Waals surface area contributed by atoms with Gasteiger partial charge in [-0.05, 0) is 55.7 Å². The maximum atomic E-state index is 12.9. The molecule has 2 fully saturated rings. The van der Waals surface area contributed by atoms with Crippen molar-refractivity contribution in [2.24, 2.45) is 0 Å². The number of carbonyl (C=O) groups excluding carboxylic acids is 2. The molecule has 0 radical (unpaired) electrons. The summed E-state index contributed by atoms with van der Waals surface area (Å²) in [4.78, 5) is 33.2. The number of piperidine rings is 1. The standard InChI is InChI=1S/C22H24F3N5O3/c23-22(24,25)14-3-5-15(6-4-14)27-21(33)28-18-2-1-10-30(20(18)32)16-7-8-19(26-12-16)29-11-9-17(31)13-29/h3-8,12,17-18,31H,1-2,9-11,13H2,(H2,27,28,33)/t17-,18-/m1/s1. The molecule has 0 bridgehead atoms. The predicted molar refractivity (Wildman–Crippen MR) is 116 cm³/mol. The molecule has 2 aliphatic heterocycles. The second kappa shape index (κ2) is 9.26. The Morgan fingerprint density at radius 1 is 1.09 bits per heavy atom. The SMILES string of the molecule is O=C(Nc1ccc(C(F)(F)F)cc1)N[C@@H]1CCCN(c2ccc(N3CC[C@@H](O)C3)nc2)C1=O. The Kier molecular flexibility index (Phi) is 6.41. The van der Waals surface area contributed by atoms with Crippen LogP contribution in [0.4, 0.5) is 35.2 Å². The molecule has 3 amide bonds. The minimum atomic E-state index is -4.46. The first-order valence-corrected chi connectivity index (χ1v) is 10.7. The number of pyridine rings is 1. The lowest BCUT2D eigenvalue weighted by Crippen LogP contribution is -2.53. The van der Waals surface area contributed by atoms with Gasteiger partial charge in [0.1, 0.15) is 11.9 Å². The number of alkyl halides is 3. The van der Waals surface area contributed by atoms with E-state index in [9.17, 15) is 27.9 Å². The highest BCUT2D eigenvalue weighted by Crippen LogP contribution is 2.30. The summed E-state index contributed by atoms with van der Waals surface area (Å²) in [5.41, 5.74) is -0.0160. The number of aromatic nitrogens is 1. The van der Waals surface area contributed by atoms with Crippen LogP contribution in [0.3, 0.4) is 0 Å². The van der Waals surface area contributed by atoms with Crippen molar-refractivity contribution < 1.29 is 27.9 Å². The molecule has 0 spiro atoms. The van der Waals surface area contributed by atoms with E-state index in [0.29, 0.717) is 38.0 Å². The molecular formula is C22H24F3N5O3. The first kappa shape index (κ1) is 22.8. The third-order valence-electron chi connectivity index (χ3n) is 5.75. The maximum absolute atomic E-state index is 12.9. The number of hydrogen-bond acceptors (Lipinski definition) is 5. The van der Waals surface area contributed by atoms with Crippen molar-refractivity contribution in [3.8, 4) is 0 Å². The number of aliphatic hydroxyl groups is 1. The number of nitrogens with one attached hydrogen (secondary N) is 2. The Labute approximate surface area is 188 Å². The van der Waals surface area contributed by atoms with Gasteiger partial charge in [-0.1, -0.05) is 0 Å². The summed E-state index contributed by atoms with van der Waals surface area (Å²) in [7, 11) is 0. The summed E-state index contributed by atoms with van der Waals surface area (Å²) in [5, 5.41) is 14.7. The van der Waals surface area contributed by atoms with Gasteiger partial charge in [-0.25, -0.2) is 9.78 Å². The Morgan fingerprint density at radius 2 is 1.85 bits per heavy atom. The lowest BCUT2D eigenvalue weighted by molar-refractivity contribution is -0.137. The van der Waals surface area contributed by atoms with E-state index in [4.69, 9.17) is 0 Å². The highest BCUT2D eigenvalue weighted by molar-refractivity contribution is 6.01. The molecule has 1 aromatic carbocycles. The Bertz CT molecular complexity index is 998. The molecule has 0 saturated carbocycles. The van der Waals surface area contributed by atoms with Gasteiger partial charge >= 0.3 is 12.2 Å². The summed E-state index contributed by atoms with van der Waals surface area (Å²) in [6.45, 7) is 1.73. The molecule has 4 rings (SSSR count). The van der Waals surface area contributed by atoms with Crippen molar-refractivity contribution in [3.63, 3.8) is 0 Å². The quantitative estimate of drug-likeness (QED) is 0.648. The summed E-state index contributed by atoms with van der Waals surface area (Å²) in [6.07, 6.45) is -1.42. The van der Waals surface area contributed by atoms with Crippen LogP contribution in [0.15, 0.2) is 42.6 Å². The van der Waals surface area contributed by atoms with Crippen LogP contribution in [0.2, 0.25) is 0 Å². The minimum Gasteiger partial charge on any atom is -0.391 e. The monoisotopic (exact) mass is 463 g/mol. The van der Waals surface area contributed by atoms with Gasteiger partial charge in [0.15, 0.2) is 0 Å². The van der Waals surface area contributed by atoms with Gasteiger partial charge in [0.25, 0.3) is 0 Å². The maximum Gasteiger partial charge on any atom is 0.416 e. The minimum absolute atomic E-state index is 0.187. The van der Waals surface area contributed by atoms with E-state index >= 15 is 0 Å². The van der Waals surface area contributed by atoms with E-state index in [2.05, 4.69) is 15.6 Å². The smallest absolute Gasteiger partial charge is 0.391 e. The Morgan fingerprint density at radius 3 is 2.45 bits per heavy atom. The molecule has 2 aliphatic rings. The second-order valence-electron chi connectivity index (χ2n) is 8.12. The van der Waals surface area contributed by atoms with Crippen molar-refractivity contribution in [1.82, 2.24) is 10.3 Å². The number of carbonyl (C=O) groups is 2. The molecule has 3 N–H and O–H groups in total. The highest BCUT2D eigenvalue weighted by Gasteiger charge is 2.32. The fraction of sp³-hybridized carbons (Fsp3) is 0.409. The lowest BCUT2D eigenvalue weighted by Gasteiger charge is -2.32. The lowest BCUT2D eigenvalue weighted by atomic mass is 10.0. The molecule has 1 aromatic heterocycles. The molecule has 2 atom stereocenters. The average molecular weight is 463 g/mol. The molecule has 2 aromatic rings. The van der Waals surface area contributed by atoms with E-state index in [1.54, 1.807) is 23.2 Å². The third kappa shape index (κ3) is 5.36. The van der Waals surface area contributed by atoms with Crippen LogP contribution in [0.5, 0.6) is 0 Å². The predicted octanol–water partition coefficient (Wildman–Crippen LogP) is 2.99. The fourth-order valence-corrected chi connectivity index (χ4v) is 4.01. The van der Waals surface area contributed by atoms with Crippen LogP contribution in [0.25, 0.3) is 0 Å². The molecule has 2 saturated heterocycles. The zero-order valence-electron chi connectivity index (χ0n) is 17.7. The van der Waals surface area contributed by atoms with Crippen molar-refractivity contribution in [3.05, 3.63) is 48.2 Å². The number of rotatable bonds is 4. The van der Waals surface area contributed by atoms with Crippen LogP contribution in [-0.4, -0.2) is 53.8 Å². The molecule has 11 heteroatoms. The summed E-state index contributed by atoms with van der Waals surface area (Å²) in [5.74, 6) is 0.445. The van der Waals surface area contributed by atoms with Crippen molar-refractivity contribution in [1.29, 1.82) is 0 Å². The third-order valence-corrected chi connectivity index (χ3v) is 5.75. The van der Waals surface area contributed by atoms with Crippen LogP contribution >= 0.6 is 0 Å². The second-order valence-corrected chi connectivity index (χ2v) is 8.12. The van der Waals surface area contributed by atoms with Gasteiger partial charge in [-0.15, -0.1) is 0 Å². The molecule has 33 heavy (non-hydrogen) atoms. The number of urea groups is 1. The summed E-state index contributed by atoms with van der Waals surface area (Å²) < 4.78 is 38.0. The topological polar surface area (TPSA) is 97.8 Å². The van der Waals surface area contributed by atoms with Crippen LogP contribution in [0.1, 0.15) is 24.8 Å². The molecule has 0 aliphatic carbocycles. The van der Waals surface area contributed by atoms with Crippen molar-refractivity contribution in [2.75, 3.05) is 34.8 Å². The first-order valence-electron chi connectivity index (χ1n) is 10.7. The summed E-state index contributed by atoms with van der Waals surface area (Å²) in [6, 6.07) is 6.22. The van der Waals surface area contributed by atoms with Gasteiger partial charge in [0, 0.05) is 25.3 Å². The van der Waals surface area contributed by atoms with Gasteiger partial charge in [0.2, 0.25) is 5.91 Å². The normalized spacial score (nSPS) is 21.3. The van der Waals surface area contributed by atoms with Crippen molar-refractivity contribution in [2.45, 2.75) is 37.6 Å². The molecular weight excluding hydrogens is 439 g/mol. The number of nitrogens with zero attached hydrogens (tertiary/aromatic N) is 3. The average Bonchev–Trinajstić information content (AvgIpc) is 3.21. The van der Waals surface area contributed by atoms with Crippen LogP contribution in [-0.2, 0) is 11.0 Å². The van der Waals surface area contributed by atoms with E-state index < -0.39 is 23.8 Å². The number of amides is 3. The number of hydrogen-bond donors (Lipinski definition) is 3.